The minimum Gasteiger partial charge on any atom is -0.278 e. The fourth-order valence-electron chi connectivity index (χ4n) is 1.98. The summed E-state index contributed by atoms with van der Waals surface area (Å²) in [4.78, 5) is 0. The Morgan fingerprint density at radius 2 is 1.94 bits per heavy atom. The average Bonchev–Trinajstić information content (AvgIpc) is 2.76. The van der Waals surface area contributed by atoms with Gasteiger partial charge in [-0.3, -0.25) is 5.10 Å². The van der Waals surface area contributed by atoms with E-state index in [0.717, 1.165) is 28.5 Å². The molecule has 0 spiro atoms. The molecule has 0 unspecified atom stereocenters. The lowest BCUT2D eigenvalue weighted by molar-refractivity contribution is 0.626. The van der Waals surface area contributed by atoms with Crippen LogP contribution in [0, 0.1) is 5.82 Å². The quantitative estimate of drug-likeness (QED) is 0.713. The summed E-state index contributed by atoms with van der Waals surface area (Å²) in [5.41, 5.74) is 3.13. The van der Waals surface area contributed by atoms with Crippen LogP contribution in [-0.4, -0.2) is 10.2 Å². The fourth-order valence-corrected chi connectivity index (χ4v) is 1.98. The minimum atomic E-state index is -0.190. The maximum Gasteiger partial charge on any atom is 0.123 e. The first-order chi connectivity index (χ1) is 8.31. The van der Waals surface area contributed by atoms with Crippen molar-refractivity contribution in [3.05, 3.63) is 65.6 Å². The van der Waals surface area contributed by atoms with Gasteiger partial charge in [-0.25, -0.2) is 4.39 Å². The van der Waals surface area contributed by atoms with Crippen molar-refractivity contribution >= 4 is 10.9 Å². The first kappa shape index (κ1) is 10.0. The molecule has 0 radical (unpaired) electrons. The number of H-pyrrole nitrogens is 1. The van der Waals surface area contributed by atoms with Crippen molar-refractivity contribution in [1.29, 1.82) is 0 Å². The Balaban J connectivity index is 1.94. The predicted octanol–water partition coefficient (Wildman–Crippen LogP) is 3.29. The maximum absolute atomic E-state index is 13.1. The molecule has 0 atom stereocenters. The molecular formula is C14H11FN2. The molecule has 2 nitrogen and oxygen atoms in total. The Labute approximate surface area is 98.1 Å². The van der Waals surface area contributed by atoms with E-state index in [4.69, 9.17) is 0 Å². The Hall–Kier alpha value is -2.16. The first-order valence-corrected chi connectivity index (χ1v) is 5.48. The highest BCUT2D eigenvalue weighted by atomic mass is 19.1. The van der Waals surface area contributed by atoms with Gasteiger partial charge >= 0.3 is 0 Å². The van der Waals surface area contributed by atoms with E-state index in [9.17, 15) is 4.39 Å². The van der Waals surface area contributed by atoms with E-state index < -0.39 is 0 Å². The summed E-state index contributed by atoms with van der Waals surface area (Å²) in [6.07, 6.45) is 2.52. The molecule has 3 aromatic rings. The second-order valence-corrected chi connectivity index (χ2v) is 4.10. The molecule has 1 aromatic heterocycles. The topological polar surface area (TPSA) is 28.7 Å². The third kappa shape index (κ3) is 2.04. The van der Waals surface area contributed by atoms with Gasteiger partial charge in [-0.15, -0.1) is 0 Å². The molecule has 84 valence electrons. The Morgan fingerprint density at radius 3 is 2.82 bits per heavy atom. The SMILES string of the molecule is Fc1cccc(Cc2ccc3cn[nH]c3c2)c1. The molecule has 0 amide bonds. The zero-order valence-electron chi connectivity index (χ0n) is 9.15. The minimum absolute atomic E-state index is 0.190. The van der Waals surface area contributed by atoms with Crippen molar-refractivity contribution in [1.82, 2.24) is 10.2 Å². The van der Waals surface area contributed by atoms with Crippen LogP contribution in [0.25, 0.3) is 10.9 Å². The van der Waals surface area contributed by atoms with Crippen molar-refractivity contribution in [3.63, 3.8) is 0 Å². The predicted molar refractivity (Wildman–Crippen MR) is 65.3 cm³/mol. The molecule has 1 heterocycles. The van der Waals surface area contributed by atoms with Crippen LogP contribution in [0.15, 0.2) is 48.7 Å². The van der Waals surface area contributed by atoms with Gasteiger partial charge < -0.3 is 0 Å². The summed E-state index contributed by atoms with van der Waals surface area (Å²) in [5.74, 6) is -0.190. The fraction of sp³-hybridized carbons (Fsp3) is 0.0714. The summed E-state index contributed by atoms with van der Waals surface area (Å²) in [7, 11) is 0. The monoisotopic (exact) mass is 226 g/mol. The number of nitrogens with one attached hydrogen (secondary N) is 1. The highest BCUT2D eigenvalue weighted by Gasteiger charge is 2.00. The second kappa shape index (κ2) is 4.01. The molecule has 17 heavy (non-hydrogen) atoms. The largest absolute Gasteiger partial charge is 0.278 e. The number of nitrogens with zero attached hydrogens (tertiary/aromatic N) is 1. The normalized spacial score (nSPS) is 10.9. The molecule has 3 heteroatoms. The van der Waals surface area contributed by atoms with E-state index in [1.54, 1.807) is 18.3 Å². The summed E-state index contributed by atoms with van der Waals surface area (Å²) >= 11 is 0. The Kier molecular flexibility index (Phi) is 2.37. The number of rotatable bonds is 2. The van der Waals surface area contributed by atoms with Gasteiger partial charge in [-0.1, -0.05) is 24.3 Å². The highest BCUT2D eigenvalue weighted by Crippen LogP contribution is 2.16. The maximum atomic E-state index is 13.1. The van der Waals surface area contributed by atoms with E-state index in [1.807, 2.05) is 24.3 Å². The van der Waals surface area contributed by atoms with Crippen LogP contribution < -0.4 is 0 Å². The lowest BCUT2D eigenvalue weighted by Crippen LogP contribution is -1.89. The highest BCUT2D eigenvalue weighted by molar-refractivity contribution is 5.78. The third-order valence-corrected chi connectivity index (χ3v) is 2.80. The summed E-state index contributed by atoms with van der Waals surface area (Å²) in [5, 5.41) is 8.00. The number of fused-ring (bicyclic) bond motifs is 1. The zero-order chi connectivity index (χ0) is 11.7. The van der Waals surface area contributed by atoms with Crippen molar-refractivity contribution in [2.75, 3.05) is 0 Å². The molecule has 0 bridgehead atoms. The summed E-state index contributed by atoms with van der Waals surface area (Å²) < 4.78 is 13.1. The van der Waals surface area contributed by atoms with Gasteiger partial charge in [-0.2, -0.15) is 5.10 Å². The van der Waals surface area contributed by atoms with Crippen molar-refractivity contribution in [3.8, 4) is 0 Å². The van der Waals surface area contributed by atoms with Gasteiger partial charge in [0.05, 0.1) is 11.7 Å². The molecule has 2 aromatic carbocycles. The number of hydrogen-bond donors (Lipinski definition) is 1. The number of hydrogen-bond acceptors (Lipinski definition) is 1. The second-order valence-electron chi connectivity index (χ2n) is 4.10. The van der Waals surface area contributed by atoms with Gasteiger partial charge in [-0.05, 0) is 35.7 Å². The molecule has 0 saturated carbocycles. The molecule has 0 saturated heterocycles. The van der Waals surface area contributed by atoms with Crippen LogP contribution in [0.4, 0.5) is 4.39 Å². The van der Waals surface area contributed by atoms with Gasteiger partial charge in [0.1, 0.15) is 5.82 Å². The van der Waals surface area contributed by atoms with E-state index in [2.05, 4.69) is 10.2 Å². The summed E-state index contributed by atoms with van der Waals surface area (Å²) in [6.45, 7) is 0. The smallest absolute Gasteiger partial charge is 0.123 e. The van der Waals surface area contributed by atoms with E-state index in [-0.39, 0.29) is 5.82 Å². The summed E-state index contributed by atoms with van der Waals surface area (Å²) in [6, 6.07) is 12.8. The zero-order valence-corrected chi connectivity index (χ0v) is 9.15. The molecule has 1 N–H and O–H groups in total. The van der Waals surface area contributed by atoms with Crippen LogP contribution in [-0.2, 0) is 6.42 Å². The van der Waals surface area contributed by atoms with Crippen LogP contribution in [0.5, 0.6) is 0 Å². The van der Waals surface area contributed by atoms with Crippen molar-refractivity contribution in [2.45, 2.75) is 6.42 Å². The van der Waals surface area contributed by atoms with E-state index >= 15 is 0 Å². The van der Waals surface area contributed by atoms with Crippen molar-refractivity contribution in [2.24, 2.45) is 0 Å². The standard InChI is InChI=1S/C14H11FN2/c15-13-3-1-2-10(7-13)6-11-4-5-12-9-16-17-14(12)8-11/h1-5,7-9H,6H2,(H,16,17). The molecule has 0 fully saturated rings. The van der Waals surface area contributed by atoms with Gasteiger partial charge in [0.2, 0.25) is 0 Å². The van der Waals surface area contributed by atoms with Crippen LogP contribution in [0.1, 0.15) is 11.1 Å². The van der Waals surface area contributed by atoms with Crippen LogP contribution in [0.3, 0.4) is 0 Å². The molecule has 0 aliphatic heterocycles. The van der Waals surface area contributed by atoms with Crippen LogP contribution in [0.2, 0.25) is 0 Å². The van der Waals surface area contributed by atoms with Gasteiger partial charge in [0.25, 0.3) is 0 Å². The van der Waals surface area contributed by atoms with E-state index in [0.29, 0.717) is 0 Å². The number of aromatic nitrogens is 2. The average molecular weight is 226 g/mol. The first-order valence-electron chi connectivity index (χ1n) is 5.48. The third-order valence-electron chi connectivity index (χ3n) is 2.80. The van der Waals surface area contributed by atoms with Gasteiger partial charge in [0.15, 0.2) is 0 Å². The van der Waals surface area contributed by atoms with E-state index in [1.165, 1.54) is 6.07 Å². The van der Waals surface area contributed by atoms with Crippen molar-refractivity contribution < 1.29 is 4.39 Å². The number of benzene rings is 2. The molecule has 3 rings (SSSR count). The lowest BCUT2D eigenvalue weighted by atomic mass is 10.0. The number of aromatic amines is 1. The molecular weight excluding hydrogens is 215 g/mol. The molecule has 0 aliphatic carbocycles. The lowest BCUT2D eigenvalue weighted by Gasteiger charge is -2.02. The Morgan fingerprint density at radius 1 is 1.06 bits per heavy atom. The molecule has 0 aliphatic rings. The van der Waals surface area contributed by atoms with Gasteiger partial charge in [0, 0.05) is 5.39 Å². The Bertz CT molecular complexity index is 658. The number of halogens is 1. The van der Waals surface area contributed by atoms with Crippen LogP contribution >= 0.6 is 0 Å².